The number of benzene rings is 1. The van der Waals surface area contributed by atoms with Crippen molar-refractivity contribution in [1.82, 2.24) is 4.90 Å². The molecule has 1 aliphatic heterocycles. The number of phenolic OH excluding ortho intramolecular Hbond substituents is 1. The van der Waals surface area contributed by atoms with Crippen LogP contribution >= 0.6 is 0 Å². The number of hydrogen-bond acceptors (Lipinski definition) is 4. The number of likely N-dealkylation sites (tertiary alicyclic amines) is 1. The quantitative estimate of drug-likeness (QED) is 0.857. The number of hydrogen-bond donors (Lipinski definition) is 1. The first-order valence-corrected chi connectivity index (χ1v) is 6.78. The van der Waals surface area contributed by atoms with Crippen LogP contribution < -0.4 is 0 Å². The Morgan fingerprint density at radius 1 is 1.40 bits per heavy atom. The number of amides is 1. The normalized spacial score (nSPS) is 18.6. The minimum Gasteiger partial charge on any atom is -0.508 e. The number of ether oxygens (including phenoxy) is 1. The highest BCUT2D eigenvalue weighted by molar-refractivity contribution is 5.95. The van der Waals surface area contributed by atoms with Crippen LogP contribution in [0.4, 0.5) is 0 Å². The van der Waals surface area contributed by atoms with Crippen LogP contribution in [0.1, 0.15) is 36.0 Å². The highest BCUT2D eigenvalue weighted by atomic mass is 16.5. The van der Waals surface area contributed by atoms with Crippen molar-refractivity contribution in [3.63, 3.8) is 0 Å². The second-order valence-corrected chi connectivity index (χ2v) is 4.98. The van der Waals surface area contributed by atoms with Crippen molar-refractivity contribution in [2.45, 2.75) is 31.7 Å². The Hall–Kier alpha value is -2.04. The summed E-state index contributed by atoms with van der Waals surface area (Å²) >= 11 is 0. The van der Waals surface area contributed by atoms with Gasteiger partial charge in [0.2, 0.25) is 0 Å². The third-order valence-electron chi connectivity index (χ3n) is 3.61. The Bertz CT molecular complexity index is 500. The van der Waals surface area contributed by atoms with Crippen molar-refractivity contribution in [1.29, 1.82) is 0 Å². The first kappa shape index (κ1) is 14.4. The fraction of sp³-hybridized carbons (Fsp3) is 0.467. The molecule has 1 saturated heterocycles. The van der Waals surface area contributed by atoms with Crippen LogP contribution in [0.5, 0.6) is 5.75 Å². The highest BCUT2D eigenvalue weighted by Gasteiger charge is 2.29. The molecule has 2 rings (SSSR count). The lowest BCUT2D eigenvalue weighted by atomic mass is 9.98. The number of piperidine rings is 1. The molecular weight excluding hydrogens is 258 g/mol. The van der Waals surface area contributed by atoms with Gasteiger partial charge in [-0.15, -0.1) is 0 Å². The molecule has 0 spiro atoms. The van der Waals surface area contributed by atoms with Crippen LogP contribution in [0.25, 0.3) is 0 Å². The zero-order chi connectivity index (χ0) is 14.5. The zero-order valence-electron chi connectivity index (χ0n) is 11.5. The van der Waals surface area contributed by atoms with Gasteiger partial charge >= 0.3 is 5.97 Å². The van der Waals surface area contributed by atoms with Gasteiger partial charge in [0.25, 0.3) is 5.91 Å². The molecule has 1 heterocycles. The van der Waals surface area contributed by atoms with Gasteiger partial charge in [-0.2, -0.15) is 0 Å². The molecule has 0 aromatic heterocycles. The van der Waals surface area contributed by atoms with E-state index in [0.717, 1.165) is 19.3 Å². The van der Waals surface area contributed by atoms with E-state index in [0.29, 0.717) is 12.1 Å². The number of rotatable bonds is 3. The Morgan fingerprint density at radius 3 is 2.90 bits per heavy atom. The van der Waals surface area contributed by atoms with E-state index in [1.165, 1.54) is 19.2 Å². The molecule has 1 atom stereocenters. The number of carbonyl (C=O) groups excluding carboxylic acids is 2. The molecule has 0 bridgehead atoms. The lowest BCUT2D eigenvalue weighted by molar-refractivity contribution is -0.142. The molecule has 0 aliphatic carbocycles. The maximum Gasteiger partial charge on any atom is 0.307 e. The summed E-state index contributed by atoms with van der Waals surface area (Å²) in [5.74, 6) is -0.377. The zero-order valence-corrected chi connectivity index (χ0v) is 11.5. The highest BCUT2D eigenvalue weighted by Crippen LogP contribution is 2.23. The molecule has 20 heavy (non-hydrogen) atoms. The summed E-state index contributed by atoms with van der Waals surface area (Å²) in [5, 5.41) is 9.46. The first-order valence-electron chi connectivity index (χ1n) is 6.78. The molecular formula is C15H19NO4. The van der Waals surface area contributed by atoms with Gasteiger partial charge in [0, 0.05) is 18.2 Å². The maximum absolute atomic E-state index is 12.5. The summed E-state index contributed by atoms with van der Waals surface area (Å²) < 4.78 is 4.69. The summed E-state index contributed by atoms with van der Waals surface area (Å²) in [5.41, 5.74) is 0.446. The lowest BCUT2D eigenvalue weighted by Crippen LogP contribution is -2.44. The summed E-state index contributed by atoms with van der Waals surface area (Å²) in [6.07, 6.45) is 2.97. The summed E-state index contributed by atoms with van der Waals surface area (Å²) in [4.78, 5) is 25.7. The van der Waals surface area contributed by atoms with Crippen molar-refractivity contribution >= 4 is 11.9 Å². The van der Waals surface area contributed by atoms with Crippen molar-refractivity contribution in [2.75, 3.05) is 13.7 Å². The second-order valence-electron chi connectivity index (χ2n) is 4.98. The van der Waals surface area contributed by atoms with Gasteiger partial charge < -0.3 is 14.7 Å². The molecule has 1 amide bonds. The van der Waals surface area contributed by atoms with Gasteiger partial charge in [0.1, 0.15) is 5.75 Å². The third kappa shape index (κ3) is 3.29. The van der Waals surface area contributed by atoms with E-state index in [1.54, 1.807) is 17.0 Å². The van der Waals surface area contributed by atoms with Gasteiger partial charge in [0.15, 0.2) is 0 Å². The molecule has 1 aromatic carbocycles. The Morgan fingerprint density at radius 2 is 2.20 bits per heavy atom. The van der Waals surface area contributed by atoms with Crippen molar-refractivity contribution < 1.29 is 19.4 Å². The molecule has 1 aromatic rings. The van der Waals surface area contributed by atoms with Crippen LogP contribution in [0.3, 0.4) is 0 Å². The van der Waals surface area contributed by atoms with Crippen molar-refractivity contribution in [3.8, 4) is 5.75 Å². The van der Waals surface area contributed by atoms with Crippen LogP contribution in [0, 0.1) is 0 Å². The molecule has 1 aliphatic rings. The average molecular weight is 277 g/mol. The van der Waals surface area contributed by atoms with Crippen molar-refractivity contribution in [3.05, 3.63) is 29.8 Å². The first-order chi connectivity index (χ1) is 9.61. The molecule has 0 saturated carbocycles. The molecule has 1 fully saturated rings. The van der Waals surface area contributed by atoms with E-state index < -0.39 is 0 Å². The van der Waals surface area contributed by atoms with Crippen LogP contribution in [-0.4, -0.2) is 41.6 Å². The van der Waals surface area contributed by atoms with Crippen LogP contribution in [-0.2, 0) is 9.53 Å². The Labute approximate surface area is 118 Å². The number of aromatic hydroxyl groups is 1. The van der Waals surface area contributed by atoms with E-state index in [2.05, 4.69) is 4.74 Å². The predicted octanol–water partition coefficient (Wildman–Crippen LogP) is 1.95. The SMILES string of the molecule is COC(=O)CC1CCCCN1C(=O)c1cccc(O)c1. The largest absolute Gasteiger partial charge is 0.508 e. The number of nitrogens with zero attached hydrogens (tertiary/aromatic N) is 1. The Balaban J connectivity index is 2.15. The van der Waals surface area contributed by atoms with Crippen molar-refractivity contribution in [2.24, 2.45) is 0 Å². The predicted molar refractivity (Wildman–Crippen MR) is 73.4 cm³/mol. The van der Waals surface area contributed by atoms with Crippen LogP contribution in [0.2, 0.25) is 0 Å². The van der Waals surface area contributed by atoms with Gasteiger partial charge in [-0.05, 0) is 37.5 Å². The molecule has 108 valence electrons. The average Bonchev–Trinajstić information content (AvgIpc) is 2.47. The topological polar surface area (TPSA) is 66.8 Å². The monoisotopic (exact) mass is 277 g/mol. The summed E-state index contributed by atoms with van der Waals surface area (Å²) in [6.45, 7) is 0.635. The second kappa shape index (κ2) is 6.41. The van der Waals surface area contributed by atoms with E-state index in [9.17, 15) is 14.7 Å². The summed E-state index contributed by atoms with van der Waals surface area (Å²) in [6, 6.07) is 6.17. The molecule has 1 unspecified atom stereocenters. The molecule has 5 nitrogen and oxygen atoms in total. The molecule has 5 heteroatoms. The van der Waals surface area contributed by atoms with E-state index >= 15 is 0 Å². The minimum atomic E-state index is -0.300. The van der Waals surface area contributed by atoms with Gasteiger partial charge in [-0.3, -0.25) is 9.59 Å². The number of methoxy groups -OCH3 is 1. The molecule has 1 N–H and O–H groups in total. The smallest absolute Gasteiger partial charge is 0.307 e. The number of phenols is 1. The standard InChI is InChI=1S/C15H19NO4/c1-20-14(18)10-12-6-2-3-8-16(12)15(19)11-5-4-7-13(17)9-11/h4-5,7,9,12,17H,2-3,6,8,10H2,1H3. The number of esters is 1. The van der Waals surface area contributed by atoms with Gasteiger partial charge in [-0.1, -0.05) is 6.07 Å². The van der Waals surface area contributed by atoms with E-state index in [4.69, 9.17) is 0 Å². The summed E-state index contributed by atoms with van der Waals surface area (Å²) in [7, 11) is 1.35. The number of carbonyl (C=O) groups is 2. The lowest BCUT2D eigenvalue weighted by Gasteiger charge is -2.35. The molecule has 0 radical (unpaired) electrons. The Kier molecular flexibility index (Phi) is 4.61. The van der Waals surface area contributed by atoms with Crippen LogP contribution in [0.15, 0.2) is 24.3 Å². The minimum absolute atomic E-state index is 0.0670. The maximum atomic E-state index is 12.5. The van der Waals surface area contributed by atoms with Gasteiger partial charge in [0.05, 0.1) is 13.5 Å². The van der Waals surface area contributed by atoms with Gasteiger partial charge in [-0.25, -0.2) is 0 Å². The third-order valence-corrected chi connectivity index (χ3v) is 3.61. The fourth-order valence-corrected chi connectivity index (χ4v) is 2.56. The van der Waals surface area contributed by atoms with E-state index in [1.807, 2.05) is 0 Å². The fourth-order valence-electron chi connectivity index (χ4n) is 2.56. The van der Waals surface area contributed by atoms with E-state index in [-0.39, 0.29) is 30.1 Å².